The van der Waals surface area contributed by atoms with Crippen molar-refractivity contribution < 1.29 is 18.7 Å². The Bertz CT molecular complexity index is 490. The molecule has 22 heavy (non-hydrogen) atoms. The van der Waals surface area contributed by atoms with E-state index < -0.39 is 6.10 Å². The Hall–Kier alpha value is -1.37. The summed E-state index contributed by atoms with van der Waals surface area (Å²) < 4.78 is 24.0. The molecule has 1 heterocycles. The van der Waals surface area contributed by atoms with Gasteiger partial charge in [-0.3, -0.25) is 4.79 Å². The van der Waals surface area contributed by atoms with Gasteiger partial charge in [-0.15, -0.1) is 12.4 Å². The average molecular weight is 333 g/mol. The van der Waals surface area contributed by atoms with Gasteiger partial charge in [0, 0.05) is 12.6 Å². The van der Waals surface area contributed by atoms with Crippen LogP contribution in [0.4, 0.5) is 4.39 Å². The van der Waals surface area contributed by atoms with Crippen LogP contribution in [0.15, 0.2) is 24.3 Å². The number of hydrogen-bond acceptors (Lipinski definition) is 4. The van der Waals surface area contributed by atoms with Gasteiger partial charge in [-0.25, -0.2) is 4.39 Å². The molecule has 1 amide bonds. The predicted octanol–water partition coefficient (Wildman–Crippen LogP) is 1.64. The second kappa shape index (κ2) is 8.92. The van der Waals surface area contributed by atoms with Crippen LogP contribution >= 0.6 is 12.4 Å². The quantitative estimate of drug-likeness (QED) is 0.830. The lowest BCUT2D eigenvalue weighted by Gasteiger charge is -2.18. The van der Waals surface area contributed by atoms with Gasteiger partial charge < -0.3 is 20.5 Å². The van der Waals surface area contributed by atoms with Crippen LogP contribution in [0.2, 0.25) is 0 Å². The summed E-state index contributed by atoms with van der Waals surface area (Å²) in [6.45, 7) is 2.52. The molecule has 3 N–H and O–H groups in total. The fraction of sp³-hybridized carbons (Fsp3) is 0.533. The zero-order chi connectivity index (χ0) is 15.2. The number of nitrogens with one attached hydrogen (secondary N) is 1. The highest BCUT2D eigenvalue weighted by Crippen LogP contribution is 2.19. The Morgan fingerprint density at radius 3 is 2.95 bits per heavy atom. The number of nitrogens with two attached hydrogens (primary N) is 1. The molecule has 124 valence electrons. The van der Waals surface area contributed by atoms with E-state index in [4.69, 9.17) is 15.2 Å². The van der Waals surface area contributed by atoms with Gasteiger partial charge in [0.25, 0.3) is 0 Å². The first kappa shape index (κ1) is 18.7. The average Bonchev–Trinajstić information content (AvgIpc) is 2.94. The van der Waals surface area contributed by atoms with Crippen molar-refractivity contribution in [1.29, 1.82) is 0 Å². The highest BCUT2D eigenvalue weighted by molar-refractivity contribution is 5.85. The Labute approximate surface area is 135 Å². The van der Waals surface area contributed by atoms with Crippen molar-refractivity contribution in [3.8, 4) is 5.75 Å². The normalized spacial score (nSPS) is 21.8. The molecule has 1 saturated heterocycles. The van der Waals surface area contributed by atoms with Gasteiger partial charge in [0.1, 0.15) is 24.3 Å². The van der Waals surface area contributed by atoms with E-state index in [0.717, 1.165) is 6.42 Å². The van der Waals surface area contributed by atoms with E-state index in [1.54, 1.807) is 12.1 Å². The number of hydrogen-bond donors (Lipinski definition) is 2. The smallest absolute Gasteiger partial charge is 0.249 e. The van der Waals surface area contributed by atoms with E-state index in [1.807, 2.05) is 6.92 Å². The first-order valence-corrected chi connectivity index (χ1v) is 7.12. The molecule has 3 atom stereocenters. The van der Waals surface area contributed by atoms with Crippen LogP contribution in [0.25, 0.3) is 0 Å². The van der Waals surface area contributed by atoms with Crippen molar-refractivity contribution in [2.75, 3.05) is 13.2 Å². The summed E-state index contributed by atoms with van der Waals surface area (Å²) in [5.74, 6) is -0.0610. The molecular weight excluding hydrogens is 311 g/mol. The summed E-state index contributed by atoms with van der Waals surface area (Å²) in [6, 6.07) is 5.71. The van der Waals surface area contributed by atoms with E-state index >= 15 is 0 Å². The van der Waals surface area contributed by atoms with E-state index in [-0.39, 0.29) is 42.9 Å². The minimum Gasteiger partial charge on any atom is -0.491 e. The van der Waals surface area contributed by atoms with Crippen LogP contribution in [-0.4, -0.2) is 37.3 Å². The minimum atomic E-state index is -0.435. The second-order valence-electron chi connectivity index (χ2n) is 5.24. The minimum absolute atomic E-state index is 0. The van der Waals surface area contributed by atoms with Crippen molar-refractivity contribution in [3.05, 3.63) is 30.1 Å². The largest absolute Gasteiger partial charge is 0.491 e. The van der Waals surface area contributed by atoms with E-state index in [1.165, 1.54) is 12.1 Å². The molecule has 1 aliphatic rings. The zero-order valence-corrected chi connectivity index (χ0v) is 13.3. The molecule has 1 unspecified atom stereocenters. The lowest BCUT2D eigenvalue weighted by Crippen LogP contribution is -2.43. The van der Waals surface area contributed by atoms with Gasteiger partial charge in [0.2, 0.25) is 5.91 Å². The lowest BCUT2D eigenvalue weighted by molar-refractivity contribution is -0.132. The molecule has 1 fully saturated rings. The predicted molar refractivity (Wildman–Crippen MR) is 83.7 cm³/mol. The van der Waals surface area contributed by atoms with E-state index in [2.05, 4.69) is 5.32 Å². The van der Waals surface area contributed by atoms with Crippen LogP contribution in [-0.2, 0) is 9.53 Å². The highest BCUT2D eigenvalue weighted by Gasteiger charge is 2.30. The van der Waals surface area contributed by atoms with Crippen LogP contribution in [0, 0.1) is 5.82 Å². The van der Waals surface area contributed by atoms with Gasteiger partial charge in [0.05, 0.1) is 12.1 Å². The summed E-state index contributed by atoms with van der Waals surface area (Å²) in [5, 5.41) is 2.83. The Kier molecular flexibility index (Phi) is 7.58. The molecule has 0 aliphatic carbocycles. The molecule has 2 rings (SSSR count). The third-order valence-electron chi connectivity index (χ3n) is 3.35. The SMILES string of the molecule is CC(COc1cccc(F)c1)NC(=O)[C@@H]1CC[C@H](CN)O1.Cl. The maximum Gasteiger partial charge on any atom is 0.249 e. The van der Waals surface area contributed by atoms with Crippen molar-refractivity contribution in [2.45, 2.75) is 38.0 Å². The summed E-state index contributed by atoms with van der Waals surface area (Å²) in [5.41, 5.74) is 5.51. The van der Waals surface area contributed by atoms with Crippen molar-refractivity contribution in [3.63, 3.8) is 0 Å². The summed E-state index contributed by atoms with van der Waals surface area (Å²) in [6.07, 6.45) is 1.03. The standard InChI is InChI=1S/C15H21FN2O3.ClH/c1-10(9-20-12-4-2-3-11(16)7-12)18-15(19)14-6-5-13(8-17)21-14;/h2-4,7,10,13-14H,5-6,8-9,17H2,1H3,(H,18,19);1H/t10?,13-,14+;/m1./s1. The molecule has 1 aliphatic heterocycles. The van der Waals surface area contributed by atoms with Gasteiger partial charge in [-0.1, -0.05) is 6.07 Å². The Morgan fingerprint density at radius 1 is 1.55 bits per heavy atom. The number of carbonyl (C=O) groups excluding carboxylic acids is 1. The van der Waals surface area contributed by atoms with Gasteiger partial charge in [0.15, 0.2) is 0 Å². The third kappa shape index (κ3) is 5.44. The molecular formula is C15H22ClFN2O3. The first-order valence-electron chi connectivity index (χ1n) is 7.12. The van der Waals surface area contributed by atoms with Gasteiger partial charge >= 0.3 is 0 Å². The van der Waals surface area contributed by atoms with Crippen LogP contribution in [0.3, 0.4) is 0 Å². The molecule has 0 bridgehead atoms. The molecule has 0 spiro atoms. The maximum absolute atomic E-state index is 13.0. The van der Waals surface area contributed by atoms with Crippen molar-refractivity contribution in [2.24, 2.45) is 5.73 Å². The first-order chi connectivity index (χ1) is 10.1. The number of halogens is 2. The number of benzene rings is 1. The maximum atomic E-state index is 13.0. The molecule has 0 saturated carbocycles. The molecule has 1 aromatic rings. The monoisotopic (exact) mass is 332 g/mol. The summed E-state index contributed by atoms with van der Waals surface area (Å²) in [4.78, 5) is 12.0. The number of ether oxygens (including phenoxy) is 2. The number of amides is 1. The molecule has 1 aromatic carbocycles. The Morgan fingerprint density at radius 2 is 2.32 bits per heavy atom. The fourth-order valence-electron chi connectivity index (χ4n) is 2.23. The van der Waals surface area contributed by atoms with Gasteiger partial charge in [-0.2, -0.15) is 0 Å². The summed E-state index contributed by atoms with van der Waals surface area (Å²) >= 11 is 0. The summed E-state index contributed by atoms with van der Waals surface area (Å²) in [7, 11) is 0. The number of rotatable bonds is 6. The third-order valence-corrected chi connectivity index (χ3v) is 3.35. The van der Waals surface area contributed by atoms with E-state index in [0.29, 0.717) is 18.7 Å². The molecule has 7 heteroatoms. The number of carbonyl (C=O) groups is 1. The molecule has 0 radical (unpaired) electrons. The Balaban J connectivity index is 0.00000242. The zero-order valence-electron chi connectivity index (χ0n) is 12.5. The topological polar surface area (TPSA) is 73.6 Å². The highest BCUT2D eigenvalue weighted by atomic mass is 35.5. The molecule has 5 nitrogen and oxygen atoms in total. The lowest BCUT2D eigenvalue weighted by atomic mass is 10.2. The van der Waals surface area contributed by atoms with Gasteiger partial charge in [-0.05, 0) is 31.9 Å². The van der Waals surface area contributed by atoms with Crippen LogP contribution < -0.4 is 15.8 Å². The van der Waals surface area contributed by atoms with Crippen LogP contribution in [0.1, 0.15) is 19.8 Å². The van der Waals surface area contributed by atoms with E-state index in [9.17, 15) is 9.18 Å². The molecule has 0 aromatic heterocycles. The van der Waals surface area contributed by atoms with Crippen molar-refractivity contribution >= 4 is 18.3 Å². The second-order valence-corrected chi connectivity index (χ2v) is 5.24. The fourth-order valence-corrected chi connectivity index (χ4v) is 2.23. The van der Waals surface area contributed by atoms with Crippen molar-refractivity contribution in [1.82, 2.24) is 5.32 Å². The van der Waals surface area contributed by atoms with Crippen LogP contribution in [0.5, 0.6) is 5.75 Å².